The number of hydrogen-bond acceptors (Lipinski definition) is 3. The molecule has 0 fully saturated rings. The lowest BCUT2D eigenvalue weighted by Crippen LogP contribution is -2.32. The molecular weight excluding hydrogens is 351 g/mol. The molecule has 1 aromatic rings. The molecule has 0 aliphatic heterocycles. The van der Waals surface area contributed by atoms with Crippen LogP contribution in [0.2, 0.25) is 0 Å². The van der Waals surface area contributed by atoms with Crippen molar-refractivity contribution in [2.24, 2.45) is 0 Å². The van der Waals surface area contributed by atoms with Gasteiger partial charge in [0.05, 0.1) is 10.5 Å². The van der Waals surface area contributed by atoms with Crippen molar-refractivity contribution >= 4 is 32.4 Å². The Balaban J connectivity index is 2.55. The Bertz CT molecular complexity index is 475. The van der Waals surface area contributed by atoms with Crippen LogP contribution in [0.15, 0.2) is 24.3 Å². The average Bonchev–Trinajstić information content (AvgIpc) is 2.15. The molecule has 0 aliphatic rings. The molecule has 0 saturated carbocycles. The summed E-state index contributed by atoms with van der Waals surface area (Å²) in [5, 5.41) is 0. The van der Waals surface area contributed by atoms with Gasteiger partial charge in [-0.1, -0.05) is 6.07 Å². The summed E-state index contributed by atoms with van der Waals surface area (Å²) in [6, 6.07) is 7.55. The van der Waals surface area contributed by atoms with Gasteiger partial charge in [0.15, 0.2) is 9.84 Å². The highest BCUT2D eigenvalue weighted by Gasteiger charge is 2.28. The Morgan fingerprint density at radius 2 is 1.94 bits per heavy atom. The second kappa shape index (κ2) is 5.56. The van der Waals surface area contributed by atoms with E-state index in [1.54, 1.807) is 20.8 Å². The van der Waals surface area contributed by atoms with Crippen LogP contribution in [0, 0.1) is 3.57 Å². The van der Waals surface area contributed by atoms with E-state index < -0.39 is 14.6 Å². The molecule has 0 aromatic heterocycles. The Hall–Kier alpha value is -0.300. The summed E-state index contributed by atoms with van der Waals surface area (Å²) < 4.78 is 29.4. The first-order chi connectivity index (χ1) is 7.72. The lowest BCUT2D eigenvalue weighted by atomic mass is 10.3. The van der Waals surface area contributed by atoms with Gasteiger partial charge in [-0.25, -0.2) is 8.42 Å². The molecule has 0 heterocycles. The monoisotopic (exact) mass is 368 g/mol. The van der Waals surface area contributed by atoms with Crippen molar-refractivity contribution in [3.63, 3.8) is 0 Å². The minimum Gasteiger partial charge on any atom is -0.493 e. The van der Waals surface area contributed by atoms with Gasteiger partial charge in [-0.2, -0.15) is 0 Å². The maximum Gasteiger partial charge on any atom is 0.158 e. The normalized spacial score (nSPS) is 12.5. The van der Waals surface area contributed by atoms with Gasteiger partial charge >= 0.3 is 0 Å². The SMILES string of the molecule is CC(C)(C)S(=O)(=O)CCOc1cccc(I)c1. The van der Waals surface area contributed by atoms with Crippen molar-refractivity contribution in [1.29, 1.82) is 0 Å². The van der Waals surface area contributed by atoms with Crippen molar-refractivity contribution < 1.29 is 13.2 Å². The van der Waals surface area contributed by atoms with Crippen LogP contribution in [0.25, 0.3) is 0 Å². The number of benzene rings is 1. The summed E-state index contributed by atoms with van der Waals surface area (Å²) >= 11 is 2.19. The highest BCUT2D eigenvalue weighted by molar-refractivity contribution is 14.1. The summed E-state index contributed by atoms with van der Waals surface area (Å²) in [5.41, 5.74) is 0. The average molecular weight is 368 g/mol. The number of hydrogen-bond donors (Lipinski definition) is 0. The van der Waals surface area contributed by atoms with Crippen LogP contribution in [-0.4, -0.2) is 25.5 Å². The van der Waals surface area contributed by atoms with Gasteiger partial charge in [0.1, 0.15) is 12.4 Å². The number of rotatable bonds is 4. The van der Waals surface area contributed by atoms with Crippen molar-refractivity contribution in [2.45, 2.75) is 25.5 Å². The first-order valence-corrected chi connectivity index (χ1v) is 8.06. The van der Waals surface area contributed by atoms with Crippen LogP contribution in [0.5, 0.6) is 5.75 Å². The second-order valence-corrected chi connectivity index (χ2v) is 8.85. The van der Waals surface area contributed by atoms with Crippen molar-refractivity contribution in [2.75, 3.05) is 12.4 Å². The van der Waals surface area contributed by atoms with Crippen LogP contribution >= 0.6 is 22.6 Å². The van der Waals surface area contributed by atoms with E-state index in [4.69, 9.17) is 4.74 Å². The first-order valence-electron chi connectivity index (χ1n) is 5.33. The molecular formula is C12H17IO3S. The summed E-state index contributed by atoms with van der Waals surface area (Å²) in [6.45, 7) is 5.30. The van der Waals surface area contributed by atoms with E-state index in [2.05, 4.69) is 22.6 Å². The summed E-state index contributed by atoms with van der Waals surface area (Å²) in [4.78, 5) is 0. The molecule has 0 amide bonds. The number of ether oxygens (including phenoxy) is 1. The third kappa shape index (κ3) is 4.46. The maximum atomic E-state index is 11.8. The van der Waals surface area contributed by atoms with Crippen LogP contribution < -0.4 is 4.74 Å². The van der Waals surface area contributed by atoms with Crippen molar-refractivity contribution in [3.05, 3.63) is 27.8 Å². The molecule has 0 aliphatic carbocycles. The van der Waals surface area contributed by atoms with Gasteiger partial charge in [-0.15, -0.1) is 0 Å². The Labute approximate surface area is 117 Å². The zero-order valence-corrected chi connectivity index (χ0v) is 13.2. The maximum absolute atomic E-state index is 11.8. The predicted molar refractivity (Wildman–Crippen MR) is 78.2 cm³/mol. The third-order valence-corrected chi connectivity index (χ3v) is 5.59. The summed E-state index contributed by atoms with van der Waals surface area (Å²) in [7, 11) is -3.10. The van der Waals surface area contributed by atoms with E-state index in [9.17, 15) is 8.42 Å². The Morgan fingerprint density at radius 1 is 1.29 bits per heavy atom. The molecule has 5 heteroatoms. The van der Waals surface area contributed by atoms with E-state index in [1.807, 2.05) is 24.3 Å². The van der Waals surface area contributed by atoms with E-state index >= 15 is 0 Å². The quantitative estimate of drug-likeness (QED) is 0.768. The van der Waals surface area contributed by atoms with E-state index in [0.29, 0.717) is 5.75 Å². The smallest absolute Gasteiger partial charge is 0.158 e. The molecule has 0 N–H and O–H groups in total. The van der Waals surface area contributed by atoms with E-state index in [1.165, 1.54) is 0 Å². The van der Waals surface area contributed by atoms with Gasteiger partial charge < -0.3 is 4.74 Å². The second-order valence-electron chi connectivity index (χ2n) is 4.74. The summed E-state index contributed by atoms with van der Waals surface area (Å²) in [5.74, 6) is 0.753. The number of halogens is 1. The third-order valence-electron chi connectivity index (χ3n) is 2.35. The van der Waals surface area contributed by atoms with Gasteiger partial charge in [-0.05, 0) is 61.6 Å². The fourth-order valence-corrected chi connectivity index (χ4v) is 2.56. The minimum atomic E-state index is -3.10. The molecule has 0 unspecified atom stereocenters. The molecule has 3 nitrogen and oxygen atoms in total. The van der Waals surface area contributed by atoms with Crippen molar-refractivity contribution in [3.8, 4) is 5.75 Å². The molecule has 1 rings (SSSR count). The highest BCUT2D eigenvalue weighted by atomic mass is 127. The molecule has 96 valence electrons. The molecule has 0 spiro atoms. The van der Waals surface area contributed by atoms with Gasteiger partial charge in [0, 0.05) is 3.57 Å². The van der Waals surface area contributed by atoms with E-state index in [-0.39, 0.29) is 12.4 Å². The fourth-order valence-electron chi connectivity index (χ4n) is 1.13. The predicted octanol–water partition coefficient (Wildman–Crippen LogP) is 2.88. The van der Waals surface area contributed by atoms with Crippen LogP contribution in [-0.2, 0) is 9.84 Å². The van der Waals surface area contributed by atoms with Gasteiger partial charge in [-0.3, -0.25) is 0 Å². The minimum absolute atomic E-state index is 0.0436. The molecule has 17 heavy (non-hydrogen) atoms. The number of sulfone groups is 1. The Kier molecular flexibility index (Phi) is 4.83. The molecule has 0 bridgehead atoms. The topological polar surface area (TPSA) is 43.4 Å². The lowest BCUT2D eigenvalue weighted by molar-refractivity contribution is 0.339. The van der Waals surface area contributed by atoms with Gasteiger partial charge in [0.25, 0.3) is 0 Å². The van der Waals surface area contributed by atoms with Gasteiger partial charge in [0.2, 0.25) is 0 Å². The molecule has 0 saturated heterocycles. The highest BCUT2D eigenvalue weighted by Crippen LogP contribution is 2.17. The molecule has 0 radical (unpaired) electrons. The molecule has 0 atom stereocenters. The first kappa shape index (κ1) is 14.8. The fraction of sp³-hybridized carbons (Fsp3) is 0.500. The zero-order chi connectivity index (χ0) is 13.1. The standard InChI is InChI=1S/C12H17IO3S/c1-12(2,3)17(14,15)8-7-16-11-6-4-5-10(13)9-11/h4-6,9H,7-8H2,1-3H3. The summed E-state index contributed by atoms with van der Waals surface area (Å²) in [6.07, 6.45) is 0. The lowest BCUT2D eigenvalue weighted by Gasteiger charge is -2.19. The van der Waals surface area contributed by atoms with Crippen molar-refractivity contribution in [1.82, 2.24) is 0 Å². The van der Waals surface area contributed by atoms with Crippen LogP contribution in [0.3, 0.4) is 0 Å². The Morgan fingerprint density at radius 3 is 2.47 bits per heavy atom. The van der Waals surface area contributed by atoms with Crippen LogP contribution in [0.4, 0.5) is 0 Å². The van der Waals surface area contributed by atoms with Crippen LogP contribution in [0.1, 0.15) is 20.8 Å². The largest absolute Gasteiger partial charge is 0.493 e. The zero-order valence-electron chi connectivity index (χ0n) is 10.2. The molecule has 1 aromatic carbocycles. The van der Waals surface area contributed by atoms with E-state index in [0.717, 1.165) is 3.57 Å².